The third-order valence-electron chi connectivity index (χ3n) is 16.3. The summed E-state index contributed by atoms with van der Waals surface area (Å²) in [7, 11) is 0. The molecule has 0 aliphatic heterocycles. The molecular formula is C72H48N2. The van der Waals surface area contributed by atoms with Gasteiger partial charge in [0.05, 0.1) is 27.9 Å². The van der Waals surface area contributed by atoms with Gasteiger partial charge in [-0.2, -0.15) is 0 Å². The molecule has 2 heteroatoms. The van der Waals surface area contributed by atoms with Crippen molar-refractivity contribution in [1.29, 1.82) is 0 Å². The zero-order valence-electron chi connectivity index (χ0n) is 40.6. The van der Waals surface area contributed by atoms with Gasteiger partial charge in [0.25, 0.3) is 0 Å². The minimum absolute atomic E-state index is 0.546. The number of fused-ring (bicyclic) bond motifs is 15. The van der Waals surface area contributed by atoms with Crippen LogP contribution >= 0.6 is 0 Å². The molecule has 15 rings (SSSR count). The summed E-state index contributed by atoms with van der Waals surface area (Å²) >= 11 is 0. The summed E-state index contributed by atoms with van der Waals surface area (Å²) in [5, 5.41) is 2.45. The highest BCUT2D eigenvalue weighted by Crippen LogP contribution is 2.67. The molecule has 0 N–H and O–H groups in total. The van der Waals surface area contributed by atoms with E-state index in [0.29, 0.717) is 0 Å². The first-order chi connectivity index (χ1) is 36.8. The number of nitrogens with zero attached hydrogens (tertiary/aromatic N) is 2. The fraction of sp³-hybridized carbons (Fsp3) is 0.0278. The number of anilines is 6. The third-order valence-corrected chi connectivity index (χ3v) is 16.3. The van der Waals surface area contributed by atoms with Crippen LogP contribution in [0.3, 0.4) is 0 Å². The smallest absolute Gasteiger partial charge is 0.0732 e. The molecule has 0 saturated carbocycles. The molecule has 0 heterocycles. The Morgan fingerprint density at radius 1 is 0.230 bits per heavy atom. The third kappa shape index (κ3) is 5.76. The van der Waals surface area contributed by atoms with Crippen LogP contribution in [0.4, 0.5) is 34.1 Å². The molecule has 0 amide bonds. The van der Waals surface area contributed by atoms with Gasteiger partial charge >= 0.3 is 0 Å². The van der Waals surface area contributed by atoms with Crippen LogP contribution in [-0.2, 0) is 10.8 Å². The van der Waals surface area contributed by atoms with Gasteiger partial charge in [-0.15, -0.1) is 0 Å². The first-order valence-corrected chi connectivity index (χ1v) is 25.8. The van der Waals surface area contributed by atoms with Crippen molar-refractivity contribution in [1.82, 2.24) is 0 Å². The Labute approximate surface area is 432 Å². The van der Waals surface area contributed by atoms with Crippen LogP contribution < -0.4 is 9.80 Å². The maximum absolute atomic E-state index is 2.57. The van der Waals surface area contributed by atoms with Crippen LogP contribution in [0.15, 0.2) is 291 Å². The van der Waals surface area contributed by atoms with Gasteiger partial charge in [-0.05, 0) is 127 Å². The lowest BCUT2D eigenvalue weighted by Crippen LogP contribution is -2.28. The molecule has 74 heavy (non-hydrogen) atoms. The summed E-state index contributed by atoms with van der Waals surface area (Å²) in [6.07, 6.45) is 0. The Hall–Kier alpha value is -9.50. The maximum Gasteiger partial charge on any atom is 0.0732 e. The molecule has 0 saturated heterocycles. The van der Waals surface area contributed by atoms with Crippen LogP contribution in [0, 0.1) is 0 Å². The van der Waals surface area contributed by atoms with Crippen LogP contribution in [-0.4, -0.2) is 0 Å². The Morgan fingerprint density at radius 2 is 0.595 bits per heavy atom. The molecule has 1 spiro atoms. The number of hydrogen-bond acceptors (Lipinski definition) is 2. The van der Waals surface area contributed by atoms with E-state index in [0.717, 1.165) is 34.1 Å². The van der Waals surface area contributed by atoms with E-state index in [2.05, 4.69) is 301 Å². The Kier molecular flexibility index (Phi) is 9.43. The topological polar surface area (TPSA) is 6.48 Å². The van der Waals surface area contributed by atoms with E-state index in [1.807, 2.05) is 0 Å². The number of benzene rings is 12. The molecule has 1 unspecified atom stereocenters. The van der Waals surface area contributed by atoms with Crippen molar-refractivity contribution in [3.63, 3.8) is 0 Å². The van der Waals surface area contributed by atoms with E-state index < -0.39 is 10.8 Å². The van der Waals surface area contributed by atoms with E-state index in [1.165, 1.54) is 88.7 Å². The summed E-state index contributed by atoms with van der Waals surface area (Å²) < 4.78 is 0. The summed E-state index contributed by atoms with van der Waals surface area (Å²) in [4.78, 5) is 5.00. The molecule has 12 aromatic carbocycles. The van der Waals surface area contributed by atoms with E-state index in [-0.39, 0.29) is 0 Å². The molecular weight excluding hydrogens is 893 g/mol. The Balaban J connectivity index is 1.03. The zero-order chi connectivity index (χ0) is 48.8. The van der Waals surface area contributed by atoms with Crippen molar-refractivity contribution in [2.24, 2.45) is 0 Å². The van der Waals surface area contributed by atoms with Crippen LogP contribution in [0.5, 0.6) is 0 Å². The molecule has 12 aromatic rings. The summed E-state index contributed by atoms with van der Waals surface area (Å²) in [6, 6.07) is 108. The lowest BCUT2D eigenvalue weighted by Gasteiger charge is -2.35. The predicted molar refractivity (Wildman–Crippen MR) is 307 cm³/mol. The minimum atomic E-state index is -0.625. The van der Waals surface area contributed by atoms with Crippen LogP contribution in [0.2, 0.25) is 0 Å². The van der Waals surface area contributed by atoms with Gasteiger partial charge in [0.2, 0.25) is 0 Å². The highest BCUT2D eigenvalue weighted by Gasteiger charge is 2.54. The van der Waals surface area contributed by atoms with Gasteiger partial charge in [0, 0.05) is 33.6 Å². The van der Waals surface area contributed by atoms with Crippen molar-refractivity contribution in [3.8, 4) is 33.4 Å². The minimum Gasteiger partial charge on any atom is -0.310 e. The Bertz CT molecular complexity index is 4050. The van der Waals surface area contributed by atoms with Crippen molar-refractivity contribution in [2.45, 2.75) is 10.8 Å². The second kappa shape index (κ2) is 16.5. The SMILES string of the molecule is c1ccc(N(c2cccc3c2-c2ccccc2C3(c2ccccc2)c2ccccc2)c2cccc3c2-c2ccccc2C32c3ccccc3-c3cc(N(c4ccccc4)c4ccccc4)c4ccccc4c32)cc1. The van der Waals surface area contributed by atoms with Gasteiger partial charge in [-0.1, -0.05) is 237 Å². The highest BCUT2D eigenvalue weighted by molar-refractivity contribution is 6.11. The monoisotopic (exact) mass is 940 g/mol. The van der Waals surface area contributed by atoms with Crippen molar-refractivity contribution in [3.05, 3.63) is 336 Å². The molecule has 0 bridgehead atoms. The number of rotatable bonds is 8. The van der Waals surface area contributed by atoms with E-state index in [1.54, 1.807) is 0 Å². The van der Waals surface area contributed by atoms with Crippen LogP contribution in [0.25, 0.3) is 44.2 Å². The zero-order valence-corrected chi connectivity index (χ0v) is 40.6. The van der Waals surface area contributed by atoms with E-state index in [4.69, 9.17) is 0 Å². The highest BCUT2D eigenvalue weighted by atomic mass is 15.2. The first kappa shape index (κ1) is 42.2. The van der Waals surface area contributed by atoms with Crippen molar-refractivity contribution in [2.75, 3.05) is 9.80 Å². The molecule has 0 radical (unpaired) electrons. The second-order valence-corrected chi connectivity index (χ2v) is 19.8. The Morgan fingerprint density at radius 3 is 1.11 bits per heavy atom. The predicted octanol–water partition coefficient (Wildman–Crippen LogP) is 18.5. The van der Waals surface area contributed by atoms with Gasteiger partial charge in [0.1, 0.15) is 0 Å². The number of para-hydroxylation sites is 3. The molecule has 3 aliphatic rings. The molecule has 0 aromatic heterocycles. The molecule has 2 nitrogen and oxygen atoms in total. The molecule has 1 atom stereocenters. The summed E-state index contributed by atoms with van der Waals surface area (Å²) in [5.74, 6) is 0. The lowest BCUT2D eigenvalue weighted by molar-refractivity contribution is 0.768. The van der Waals surface area contributed by atoms with E-state index >= 15 is 0 Å². The lowest BCUT2D eigenvalue weighted by atomic mass is 9.68. The maximum atomic E-state index is 2.57. The number of hydrogen-bond donors (Lipinski definition) is 0. The summed E-state index contributed by atoms with van der Waals surface area (Å²) in [6.45, 7) is 0. The quantitative estimate of drug-likeness (QED) is 0.150. The average molecular weight is 941 g/mol. The summed E-state index contributed by atoms with van der Waals surface area (Å²) in [5.41, 5.74) is 23.4. The first-order valence-electron chi connectivity index (χ1n) is 25.8. The van der Waals surface area contributed by atoms with Gasteiger partial charge < -0.3 is 9.80 Å². The fourth-order valence-electron chi connectivity index (χ4n) is 13.6. The largest absolute Gasteiger partial charge is 0.310 e. The standard InChI is InChI=1S/C72H48N2/c1-6-26-49(27-7-1)71(50-28-8-2-9-29-50)61-42-22-19-39-57(61)68-63(71)44-24-46-65(68)74(53-34-14-5-15-35-53)66-47-25-45-64-69(66)58-40-20-23-43-62(58)72(64)60-41-21-18-36-54(60)59-48-67(55-37-16-17-38-56(55)70(59)72)73(51-30-10-3-11-31-51)52-32-12-4-13-33-52/h1-48H. The average Bonchev–Trinajstić information content (AvgIpc) is 4.11. The molecule has 3 aliphatic carbocycles. The molecule has 346 valence electrons. The van der Waals surface area contributed by atoms with Crippen LogP contribution in [0.1, 0.15) is 44.5 Å². The second-order valence-electron chi connectivity index (χ2n) is 19.8. The van der Waals surface area contributed by atoms with E-state index in [9.17, 15) is 0 Å². The van der Waals surface area contributed by atoms with Gasteiger partial charge in [-0.25, -0.2) is 0 Å². The molecule has 0 fully saturated rings. The van der Waals surface area contributed by atoms with Crippen molar-refractivity contribution < 1.29 is 0 Å². The van der Waals surface area contributed by atoms with Gasteiger partial charge in [-0.3, -0.25) is 0 Å². The van der Waals surface area contributed by atoms with Crippen molar-refractivity contribution >= 4 is 44.9 Å². The fourth-order valence-corrected chi connectivity index (χ4v) is 13.6. The normalized spacial score (nSPS) is 14.9. The van der Waals surface area contributed by atoms with Gasteiger partial charge in [0.15, 0.2) is 0 Å².